The molecule has 0 amide bonds. The normalized spacial score (nSPS) is 18.7. The first-order chi connectivity index (χ1) is 6.59. The van der Waals surface area contributed by atoms with Crippen LogP contribution in [0, 0.1) is 12.7 Å². The van der Waals surface area contributed by atoms with Gasteiger partial charge in [0.2, 0.25) is 0 Å². The molecule has 0 unspecified atom stereocenters. The molecular weight excluding hydrogens is 201 g/mol. The minimum absolute atomic E-state index is 0.284. The highest BCUT2D eigenvalue weighted by atomic mass is 32.2. The smallest absolute Gasteiger partial charge is 0.128 e. The first-order valence-corrected chi connectivity index (χ1v) is 6.43. The van der Waals surface area contributed by atoms with Gasteiger partial charge in [-0.25, -0.2) is 8.60 Å². The first-order valence-electron chi connectivity index (χ1n) is 4.58. The van der Waals surface area contributed by atoms with Crippen LogP contribution in [0.3, 0.4) is 0 Å². The van der Waals surface area contributed by atoms with E-state index in [4.69, 9.17) is 0 Å². The van der Waals surface area contributed by atoms with Gasteiger partial charge in [-0.2, -0.15) is 4.36 Å². The van der Waals surface area contributed by atoms with Gasteiger partial charge in [-0.05, 0) is 25.0 Å². The van der Waals surface area contributed by atoms with Crippen molar-refractivity contribution >= 4 is 15.4 Å². The number of halogens is 1. The second-order valence-corrected chi connectivity index (χ2v) is 6.10. The zero-order chi connectivity index (χ0) is 10.2. The Balaban J connectivity index is 2.39. The number of rotatable bonds is 1. The molecule has 0 atom stereocenters. The van der Waals surface area contributed by atoms with Crippen molar-refractivity contribution in [3.63, 3.8) is 0 Å². The van der Waals surface area contributed by atoms with Gasteiger partial charge in [0.05, 0.1) is 15.4 Å². The largest absolute Gasteiger partial charge is 0.249 e. The molecular formula is C10H12FNOS. The summed E-state index contributed by atoms with van der Waals surface area (Å²) in [5.74, 6) is 1.03. The Kier molecular flexibility index (Phi) is 2.31. The van der Waals surface area contributed by atoms with E-state index in [1.165, 1.54) is 6.07 Å². The van der Waals surface area contributed by atoms with E-state index in [1.54, 1.807) is 19.1 Å². The van der Waals surface area contributed by atoms with Gasteiger partial charge in [-0.1, -0.05) is 6.07 Å². The van der Waals surface area contributed by atoms with Crippen LogP contribution in [-0.2, 0) is 9.73 Å². The van der Waals surface area contributed by atoms with Crippen molar-refractivity contribution in [3.8, 4) is 0 Å². The van der Waals surface area contributed by atoms with Gasteiger partial charge in [0.1, 0.15) is 5.82 Å². The van der Waals surface area contributed by atoms with Crippen molar-refractivity contribution in [2.45, 2.75) is 13.3 Å². The Bertz CT molecular complexity index is 465. The van der Waals surface area contributed by atoms with Gasteiger partial charge in [-0.3, -0.25) is 0 Å². The maximum atomic E-state index is 13.1. The maximum Gasteiger partial charge on any atom is 0.128 e. The van der Waals surface area contributed by atoms with E-state index >= 15 is 0 Å². The van der Waals surface area contributed by atoms with Gasteiger partial charge < -0.3 is 0 Å². The number of nitrogens with zero attached hydrogens (tertiary/aromatic N) is 1. The lowest BCUT2D eigenvalue weighted by Crippen LogP contribution is -2.22. The Labute approximate surface area is 83.3 Å². The molecule has 14 heavy (non-hydrogen) atoms. The van der Waals surface area contributed by atoms with Crippen molar-refractivity contribution in [2.75, 3.05) is 11.5 Å². The van der Waals surface area contributed by atoms with Crippen LogP contribution in [0.2, 0.25) is 0 Å². The molecule has 0 spiro atoms. The van der Waals surface area contributed by atoms with E-state index in [2.05, 4.69) is 4.36 Å². The predicted octanol–water partition coefficient (Wildman–Crippen LogP) is 2.64. The molecule has 1 fully saturated rings. The molecule has 4 heteroatoms. The average molecular weight is 213 g/mol. The lowest BCUT2D eigenvalue weighted by Gasteiger charge is -2.17. The molecule has 1 aromatic carbocycles. The Morgan fingerprint density at radius 3 is 2.64 bits per heavy atom. The molecule has 2 rings (SSSR count). The van der Waals surface area contributed by atoms with E-state index in [0.717, 1.165) is 6.42 Å². The van der Waals surface area contributed by atoms with Gasteiger partial charge >= 0.3 is 0 Å². The van der Waals surface area contributed by atoms with Crippen LogP contribution in [0.25, 0.3) is 0 Å². The summed E-state index contributed by atoms with van der Waals surface area (Å²) in [6, 6.07) is 4.72. The van der Waals surface area contributed by atoms with Crippen LogP contribution in [0.15, 0.2) is 22.6 Å². The monoisotopic (exact) mass is 213 g/mol. The summed E-state index contributed by atoms with van der Waals surface area (Å²) < 4.78 is 28.9. The van der Waals surface area contributed by atoms with Gasteiger partial charge in [0.25, 0.3) is 0 Å². The van der Waals surface area contributed by atoms with E-state index in [-0.39, 0.29) is 5.82 Å². The van der Waals surface area contributed by atoms with Crippen LogP contribution in [-0.4, -0.2) is 15.7 Å². The standard InChI is InChI=1S/C10H12FNOS/c1-8-3-4-9(7-10(8)11)12-14(13)5-2-6-14/h3-4,7H,2,5-6H2,1H3. The topological polar surface area (TPSA) is 29.4 Å². The van der Waals surface area contributed by atoms with Crippen LogP contribution in [0.4, 0.5) is 10.1 Å². The zero-order valence-corrected chi connectivity index (χ0v) is 8.81. The molecule has 1 aliphatic rings. The quantitative estimate of drug-likeness (QED) is 0.705. The highest BCUT2D eigenvalue weighted by molar-refractivity contribution is 7.95. The highest BCUT2D eigenvalue weighted by Crippen LogP contribution is 2.22. The maximum absolute atomic E-state index is 13.1. The van der Waals surface area contributed by atoms with Crippen molar-refractivity contribution in [1.82, 2.24) is 0 Å². The van der Waals surface area contributed by atoms with Gasteiger partial charge in [-0.15, -0.1) is 0 Å². The van der Waals surface area contributed by atoms with E-state index < -0.39 is 9.73 Å². The summed E-state index contributed by atoms with van der Waals surface area (Å²) in [5, 5.41) is 0. The van der Waals surface area contributed by atoms with Crippen molar-refractivity contribution in [1.29, 1.82) is 0 Å². The number of aryl methyl sites for hydroxylation is 1. The summed E-state index contributed by atoms with van der Waals surface area (Å²) in [5.41, 5.74) is 1.09. The van der Waals surface area contributed by atoms with E-state index in [1.807, 2.05) is 0 Å². The zero-order valence-electron chi connectivity index (χ0n) is 8.00. The minimum atomic E-state index is -2.01. The second-order valence-electron chi connectivity index (χ2n) is 3.56. The molecule has 2 nitrogen and oxygen atoms in total. The van der Waals surface area contributed by atoms with Gasteiger partial charge in [0.15, 0.2) is 0 Å². The van der Waals surface area contributed by atoms with Crippen molar-refractivity contribution < 1.29 is 8.60 Å². The summed E-state index contributed by atoms with van der Waals surface area (Å²) in [6.07, 6.45) is 0.969. The predicted molar refractivity (Wildman–Crippen MR) is 55.7 cm³/mol. The molecule has 0 N–H and O–H groups in total. The third kappa shape index (κ3) is 1.80. The van der Waals surface area contributed by atoms with Crippen LogP contribution in [0.5, 0.6) is 0 Å². The third-order valence-electron chi connectivity index (χ3n) is 2.35. The summed E-state index contributed by atoms with van der Waals surface area (Å²) in [6.45, 7) is 1.70. The molecule has 76 valence electrons. The molecule has 1 saturated heterocycles. The van der Waals surface area contributed by atoms with E-state index in [9.17, 15) is 8.60 Å². The van der Waals surface area contributed by atoms with Crippen molar-refractivity contribution in [3.05, 3.63) is 29.6 Å². The fraction of sp³-hybridized carbons (Fsp3) is 0.400. The SMILES string of the molecule is Cc1ccc(N=S2(=O)CCC2)cc1F. The molecule has 0 saturated carbocycles. The second kappa shape index (κ2) is 3.35. The van der Waals surface area contributed by atoms with Crippen LogP contribution < -0.4 is 0 Å². The number of hydrogen-bond donors (Lipinski definition) is 0. The Hall–Kier alpha value is -0.900. The first kappa shape index (κ1) is 9.65. The minimum Gasteiger partial charge on any atom is -0.249 e. The van der Waals surface area contributed by atoms with Crippen LogP contribution >= 0.6 is 0 Å². The summed E-state index contributed by atoms with van der Waals surface area (Å²) in [7, 11) is -2.01. The third-order valence-corrected chi connectivity index (χ3v) is 4.75. The molecule has 0 aromatic heterocycles. The molecule has 1 heterocycles. The fourth-order valence-electron chi connectivity index (χ4n) is 1.31. The van der Waals surface area contributed by atoms with Crippen molar-refractivity contribution in [2.24, 2.45) is 4.36 Å². The summed E-state index contributed by atoms with van der Waals surface area (Å²) >= 11 is 0. The van der Waals surface area contributed by atoms with Gasteiger partial charge in [0, 0.05) is 17.6 Å². The number of hydrogen-bond acceptors (Lipinski definition) is 2. The molecule has 1 aromatic rings. The van der Waals surface area contributed by atoms with E-state index in [0.29, 0.717) is 22.8 Å². The molecule has 0 bridgehead atoms. The molecule has 0 aliphatic carbocycles. The Morgan fingerprint density at radius 1 is 1.43 bits per heavy atom. The summed E-state index contributed by atoms with van der Waals surface area (Å²) in [4.78, 5) is 0. The number of benzene rings is 1. The Morgan fingerprint density at radius 2 is 2.14 bits per heavy atom. The highest BCUT2D eigenvalue weighted by Gasteiger charge is 2.19. The molecule has 0 radical (unpaired) electrons. The average Bonchev–Trinajstić information content (AvgIpc) is 2.09. The lowest BCUT2D eigenvalue weighted by molar-refractivity contribution is 0.619. The van der Waals surface area contributed by atoms with Crippen LogP contribution in [0.1, 0.15) is 12.0 Å². The molecule has 1 aliphatic heterocycles. The fourth-order valence-corrected chi connectivity index (χ4v) is 2.78. The lowest BCUT2D eigenvalue weighted by atomic mass is 10.2.